The van der Waals surface area contributed by atoms with Crippen LogP contribution in [0.15, 0.2) is 29.6 Å². The van der Waals surface area contributed by atoms with Crippen LogP contribution in [0.1, 0.15) is 34.8 Å². The Hall–Kier alpha value is -1.19. The van der Waals surface area contributed by atoms with E-state index in [4.69, 9.17) is 0 Å². The monoisotopic (exact) mass is 260 g/mol. The molecular formula is C15H20N2S. The normalized spacial score (nSPS) is 12.6. The number of thiazole rings is 1. The van der Waals surface area contributed by atoms with E-state index in [1.54, 1.807) is 11.3 Å². The number of aromatic nitrogens is 1. The maximum Gasteiger partial charge on any atom is 0.0898 e. The van der Waals surface area contributed by atoms with E-state index in [9.17, 15) is 0 Å². The van der Waals surface area contributed by atoms with E-state index < -0.39 is 0 Å². The minimum absolute atomic E-state index is 0.332. The third kappa shape index (κ3) is 3.40. The maximum atomic E-state index is 4.51. The van der Waals surface area contributed by atoms with E-state index in [0.717, 1.165) is 23.7 Å². The van der Waals surface area contributed by atoms with Crippen molar-refractivity contribution in [2.75, 3.05) is 6.54 Å². The number of rotatable bonds is 5. The average molecular weight is 260 g/mol. The third-order valence-electron chi connectivity index (χ3n) is 3.19. The highest BCUT2D eigenvalue weighted by molar-refractivity contribution is 7.09. The molecule has 0 aliphatic rings. The fraction of sp³-hybridized carbons (Fsp3) is 0.400. The molecule has 2 nitrogen and oxygen atoms in total. The Kier molecular flexibility index (Phi) is 4.50. The first-order valence-electron chi connectivity index (χ1n) is 6.36. The summed E-state index contributed by atoms with van der Waals surface area (Å²) in [6.07, 6.45) is 1.07. The zero-order chi connectivity index (χ0) is 13.0. The van der Waals surface area contributed by atoms with Crippen LogP contribution in [0.5, 0.6) is 0 Å². The fourth-order valence-corrected chi connectivity index (χ4v) is 2.70. The van der Waals surface area contributed by atoms with Crippen LogP contribution in [-0.2, 0) is 6.42 Å². The van der Waals surface area contributed by atoms with Crippen LogP contribution in [0.3, 0.4) is 0 Å². The van der Waals surface area contributed by atoms with Crippen molar-refractivity contribution in [1.29, 1.82) is 0 Å². The SMILES string of the molecule is Cc1nc(C(C)NCCc2ccccc2C)cs1. The van der Waals surface area contributed by atoms with E-state index in [1.807, 2.05) is 6.92 Å². The third-order valence-corrected chi connectivity index (χ3v) is 3.98. The lowest BCUT2D eigenvalue weighted by atomic mass is 10.1. The van der Waals surface area contributed by atoms with Gasteiger partial charge < -0.3 is 5.32 Å². The van der Waals surface area contributed by atoms with Gasteiger partial charge in [-0.3, -0.25) is 0 Å². The highest BCUT2D eigenvalue weighted by Crippen LogP contribution is 2.15. The summed E-state index contributed by atoms with van der Waals surface area (Å²) in [6, 6.07) is 8.90. The van der Waals surface area contributed by atoms with Crippen molar-refractivity contribution in [3.8, 4) is 0 Å². The lowest BCUT2D eigenvalue weighted by Crippen LogP contribution is -2.21. The van der Waals surface area contributed by atoms with E-state index in [-0.39, 0.29) is 0 Å². The van der Waals surface area contributed by atoms with Gasteiger partial charge in [0, 0.05) is 11.4 Å². The minimum atomic E-state index is 0.332. The Morgan fingerprint density at radius 3 is 2.72 bits per heavy atom. The second-order valence-electron chi connectivity index (χ2n) is 4.64. The van der Waals surface area contributed by atoms with Crippen molar-refractivity contribution in [2.24, 2.45) is 0 Å². The van der Waals surface area contributed by atoms with Gasteiger partial charge in [0.05, 0.1) is 10.7 Å². The van der Waals surface area contributed by atoms with E-state index in [2.05, 4.69) is 53.8 Å². The Morgan fingerprint density at radius 2 is 2.06 bits per heavy atom. The molecule has 2 aromatic rings. The summed E-state index contributed by atoms with van der Waals surface area (Å²) in [5, 5.41) is 6.81. The Morgan fingerprint density at radius 1 is 1.28 bits per heavy atom. The van der Waals surface area contributed by atoms with Crippen molar-refractivity contribution in [1.82, 2.24) is 10.3 Å². The number of hydrogen-bond acceptors (Lipinski definition) is 3. The van der Waals surface area contributed by atoms with Gasteiger partial charge in [-0.1, -0.05) is 24.3 Å². The quantitative estimate of drug-likeness (QED) is 0.887. The second-order valence-corrected chi connectivity index (χ2v) is 5.71. The van der Waals surface area contributed by atoms with Crippen LogP contribution in [0.2, 0.25) is 0 Å². The lowest BCUT2D eigenvalue weighted by Gasteiger charge is -2.12. The molecule has 0 aliphatic heterocycles. The predicted molar refractivity (Wildman–Crippen MR) is 78.2 cm³/mol. The number of benzene rings is 1. The van der Waals surface area contributed by atoms with Gasteiger partial charge in [0.15, 0.2) is 0 Å². The summed E-state index contributed by atoms with van der Waals surface area (Å²) < 4.78 is 0. The summed E-state index contributed by atoms with van der Waals surface area (Å²) in [6.45, 7) is 7.38. The van der Waals surface area contributed by atoms with Gasteiger partial charge in [-0.05, 0) is 44.9 Å². The van der Waals surface area contributed by atoms with Gasteiger partial charge >= 0.3 is 0 Å². The van der Waals surface area contributed by atoms with Crippen LogP contribution in [-0.4, -0.2) is 11.5 Å². The maximum absolute atomic E-state index is 4.51. The molecule has 18 heavy (non-hydrogen) atoms. The Bertz CT molecular complexity index is 505. The molecule has 96 valence electrons. The van der Waals surface area contributed by atoms with Gasteiger partial charge in [0.2, 0.25) is 0 Å². The summed E-state index contributed by atoms with van der Waals surface area (Å²) in [7, 11) is 0. The van der Waals surface area contributed by atoms with E-state index >= 15 is 0 Å². The molecule has 1 N–H and O–H groups in total. The van der Waals surface area contributed by atoms with E-state index in [1.165, 1.54) is 11.1 Å². The molecule has 0 spiro atoms. The lowest BCUT2D eigenvalue weighted by molar-refractivity contribution is 0.565. The number of nitrogens with one attached hydrogen (secondary N) is 1. The highest BCUT2D eigenvalue weighted by Gasteiger charge is 2.07. The first kappa shape index (κ1) is 13.2. The number of hydrogen-bond donors (Lipinski definition) is 1. The van der Waals surface area contributed by atoms with Crippen molar-refractivity contribution in [3.63, 3.8) is 0 Å². The van der Waals surface area contributed by atoms with Gasteiger partial charge in [-0.2, -0.15) is 0 Å². The van der Waals surface area contributed by atoms with Gasteiger partial charge in [-0.25, -0.2) is 4.98 Å². The van der Waals surface area contributed by atoms with Crippen LogP contribution in [0, 0.1) is 13.8 Å². The van der Waals surface area contributed by atoms with Crippen LogP contribution >= 0.6 is 11.3 Å². The van der Waals surface area contributed by atoms with Gasteiger partial charge in [-0.15, -0.1) is 11.3 Å². The summed E-state index contributed by atoms with van der Waals surface area (Å²) in [5.74, 6) is 0. The van der Waals surface area contributed by atoms with Gasteiger partial charge in [0.25, 0.3) is 0 Å². The molecule has 1 heterocycles. The highest BCUT2D eigenvalue weighted by atomic mass is 32.1. The molecule has 1 aromatic carbocycles. The average Bonchev–Trinajstić information content (AvgIpc) is 2.78. The first-order chi connectivity index (χ1) is 8.66. The van der Waals surface area contributed by atoms with E-state index in [0.29, 0.717) is 6.04 Å². The van der Waals surface area contributed by atoms with Crippen molar-refractivity contribution < 1.29 is 0 Å². The van der Waals surface area contributed by atoms with Crippen LogP contribution < -0.4 is 5.32 Å². The largest absolute Gasteiger partial charge is 0.308 e. The molecule has 0 aliphatic carbocycles. The smallest absolute Gasteiger partial charge is 0.0898 e. The predicted octanol–water partition coefficient (Wildman–Crippen LogP) is 3.65. The molecule has 0 radical (unpaired) electrons. The Balaban J connectivity index is 1.84. The fourth-order valence-electron chi connectivity index (χ4n) is 2.00. The number of aryl methyl sites for hydroxylation is 2. The second kappa shape index (κ2) is 6.12. The van der Waals surface area contributed by atoms with Crippen LogP contribution in [0.4, 0.5) is 0 Å². The van der Waals surface area contributed by atoms with Gasteiger partial charge in [0.1, 0.15) is 0 Å². The standard InChI is InChI=1S/C15H20N2S/c1-11-6-4-5-7-14(11)8-9-16-12(2)15-10-18-13(3)17-15/h4-7,10,12,16H,8-9H2,1-3H3. The molecular weight excluding hydrogens is 240 g/mol. The molecule has 0 amide bonds. The molecule has 0 saturated carbocycles. The topological polar surface area (TPSA) is 24.9 Å². The molecule has 0 saturated heterocycles. The molecule has 3 heteroatoms. The molecule has 1 atom stereocenters. The zero-order valence-electron chi connectivity index (χ0n) is 11.2. The van der Waals surface area contributed by atoms with Crippen molar-refractivity contribution in [2.45, 2.75) is 33.2 Å². The summed E-state index contributed by atoms with van der Waals surface area (Å²) in [4.78, 5) is 4.51. The minimum Gasteiger partial charge on any atom is -0.308 e. The molecule has 1 unspecified atom stereocenters. The molecule has 1 aromatic heterocycles. The number of nitrogens with zero attached hydrogens (tertiary/aromatic N) is 1. The van der Waals surface area contributed by atoms with Crippen molar-refractivity contribution in [3.05, 3.63) is 51.5 Å². The molecule has 2 rings (SSSR count). The molecule has 0 fully saturated rings. The van der Waals surface area contributed by atoms with Crippen LogP contribution in [0.25, 0.3) is 0 Å². The molecule has 0 bridgehead atoms. The first-order valence-corrected chi connectivity index (χ1v) is 7.24. The zero-order valence-corrected chi connectivity index (χ0v) is 12.1. The summed E-state index contributed by atoms with van der Waals surface area (Å²) >= 11 is 1.71. The Labute approximate surface area is 113 Å². The van der Waals surface area contributed by atoms with Crippen molar-refractivity contribution >= 4 is 11.3 Å². The summed E-state index contributed by atoms with van der Waals surface area (Å²) in [5.41, 5.74) is 3.95.